The van der Waals surface area contributed by atoms with Crippen LogP contribution in [0.5, 0.6) is 0 Å². The van der Waals surface area contributed by atoms with Gasteiger partial charge < -0.3 is 11.1 Å². The molecule has 0 spiro atoms. The van der Waals surface area contributed by atoms with Crippen LogP contribution in [0.1, 0.15) is 21.7 Å². The number of nitrogens with zero attached hydrogens (tertiary/aromatic N) is 3. The molecule has 0 aliphatic heterocycles. The van der Waals surface area contributed by atoms with Gasteiger partial charge in [0.25, 0.3) is 5.91 Å². The Labute approximate surface area is 104 Å². The van der Waals surface area contributed by atoms with Crippen LogP contribution in [0.4, 0.5) is 0 Å². The number of carbonyl (C=O) groups excluding carboxylic acids is 1. The van der Waals surface area contributed by atoms with E-state index in [1.807, 2.05) is 0 Å². The molecule has 2 aromatic heterocycles. The van der Waals surface area contributed by atoms with Crippen LogP contribution in [-0.4, -0.2) is 21.1 Å². The van der Waals surface area contributed by atoms with Gasteiger partial charge in [-0.15, -0.1) is 0 Å². The largest absolute Gasteiger partial charge is 0.346 e. The van der Waals surface area contributed by atoms with E-state index in [1.54, 1.807) is 36.7 Å². The Morgan fingerprint density at radius 3 is 2.89 bits per heavy atom. The first-order valence-electron chi connectivity index (χ1n) is 5.49. The molecule has 2 aromatic rings. The Hall–Kier alpha value is -2.34. The average molecular weight is 243 g/mol. The van der Waals surface area contributed by atoms with E-state index in [4.69, 9.17) is 5.73 Å². The number of carbonyl (C=O) groups is 1. The number of aromatic nitrogens is 3. The second-order valence-electron chi connectivity index (χ2n) is 3.64. The number of nitrogens with two attached hydrogens (primary N) is 1. The summed E-state index contributed by atoms with van der Waals surface area (Å²) in [5, 5.41) is 10.4. The predicted octanol–water partition coefficient (Wildman–Crippen LogP) is 0.260. The number of rotatable bonds is 4. The molecule has 3 N–H and O–H groups in total. The van der Waals surface area contributed by atoms with Gasteiger partial charge in [0.05, 0.1) is 17.9 Å². The first-order valence-corrected chi connectivity index (χ1v) is 5.49. The van der Waals surface area contributed by atoms with Gasteiger partial charge in [0.1, 0.15) is 0 Å². The van der Waals surface area contributed by atoms with Gasteiger partial charge in [0.15, 0.2) is 0 Å². The Kier molecular flexibility index (Phi) is 3.93. The van der Waals surface area contributed by atoms with Gasteiger partial charge in [0, 0.05) is 24.5 Å². The van der Waals surface area contributed by atoms with Gasteiger partial charge in [-0.25, -0.2) is 0 Å². The number of pyridine rings is 1. The Morgan fingerprint density at radius 2 is 2.17 bits per heavy atom. The third-order valence-corrected chi connectivity index (χ3v) is 2.35. The van der Waals surface area contributed by atoms with Crippen LogP contribution in [-0.2, 0) is 13.1 Å². The molecule has 0 unspecified atom stereocenters. The third kappa shape index (κ3) is 3.08. The van der Waals surface area contributed by atoms with Crippen molar-refractivity contribution >= 4 is 5.91 Å². The predicted molar refractivity (Wildman–Crippen MR) is 65.3 cm³/mol. The maximum Gasteiger partial charge on any atom is 0.251 e. The molecule has 0 bridgehead atoms. The summed E-state index contributed by atoms with van der Waals surface area (Å²) in [7, 11) is 0. The van der Waals surface area contributed by atoms with E-state index in [-0.39, 0.29) is 5.91 Å². The average Bonchev–Trinajstić information content (AvgIpc) is 2.46. The molecule has 6 heteroatoms. The van der Waals surface area contributed by atoms with Gasteiger partial charge in [-0.3, -0.25) is 9.78 Å². The van der Waals surface area contributed by atoms with Crippen LogP contribution in [0.15, 0.2) is 36.7 Å². The molecule has 0 saturated heterocycles. The molecule has 6 nitrogen and oxygen atoms in total. The quantitative estimate of drug-likeness (QED) is 0.803. The third-order valence-electron chi connectivity index (χ3n) is 2.35. The monoisotopic (exact) mass is 243 g/mol. The summed E-state index contributed by atoms with van der Waals surface area (Å²) in [4.78, 5) is 15.9. The highest BCUT2D eigenvalue weighted by Gasteiger charge is 2.06. The summed E-state index contributed by atoms with van der Waals surface area (Å²) < 4.78 is 0. The summed E-state index contributed by atoms with van der Waals surface area (Å²) >= 11 is 0. The Bertz CT molecular complexity index is 529. The van der Waals surface area contributed by atoms with E-state index in [2.05, 4.69) is 20.5 Å². The second-order valence-corrected chi connectivity index (χ2v) is 3.64. The lowest BCUT2D eigenvalue weighted by molar-refractivity contribution is 0.0950. The van der Waals surface area contributed by atoms with Crippen molar-refractivity contribution in [2.24, 2.45) is 5.73 Å². The van der Waals surface area contributed by atoms with Crippen molar-refractivity contribution in [3.8, 4) is 0 Å². The van der Waals surface area contributed by atoms with Crippen molar-refractivity contribution < 1.29 is 4.79 Å². The molecule has 92 valence electrons. The zero-order valence-electron chi connectivity index (χ0n) is 9.71. The van der Waals surface area contributed by atoms with Gasteiger partial charge in [-0.1, -0.05) is 0 Å². The highest BCUT2D eigenvalue weighted by molar-refractivity contribution is 5.94. The lowest BCUT2D eigenvalue weighted by Crippen LogP contribution is -2.23. The van der Waals surface area contributed by atoms with E-state index in [0.717, 1.165) is 0 Å². The molecule has 0 aliphatic rings. The second kappa shape index (κ2) is 5.83. The van der Waals surface area contributed by atoms with E-state index >= 15 is 0 Å². The minimum Gasteiger partial charge on any atom is -0.346 e. The summed E-state index contributed by atoms with van der Waals surface area (Å²) in [6.45, 7) is 0.651. The van der Waals surface area contributed by atoms with Gasteiger partial charge in [0.2, 0.25) is 0 Å². The summed E-state index contributed by atoms with van der Waals surface area (Å²) in [5.74, 6) is -0.183. The Balaban J connectivity index is 1.99. The molecule has 2 heterocycles. The SMILES string of the molecule is NCc1cc(C(=O)NCc2cccnn2)ccn1. The normalized spacial score (nSPS) is 10.1. The minimum atomic E-state index is -0.183. The minimum absolute atomic E-state index is 0.183. The van der Waals surface area contributed by atoms with E-state index in [9.17, 15) is 4.79 Å². The van der Waals surface area contributed by atoms with Gasteiger partial charge >= 0.3 is 0 Å². The van der Waals surface area contributed by atoms with Crippen LogP contribution in [0.25, 0.3) is 0 Å². The van der Waals surface area contributed by atoms with Crippen LogP contribution < -0.4 is 11.1 Å². The molecule has 0 aromatic carbocycles. The van der Waals surface area contributed by atoms with Crippen molar-refractivity contribution in [1.82, 2.24) is 20.5 Å². The summed E-state index contributed by atoms with van der Waals surface area (Å²) in [5.41, 5.74) is 7.40. The van der Waals surface area contributed by atoms with Crippen molar-refractivity contribution in [2.75, 3.05) is 0 Å². The molecular formula is C12H13N5O. The van der Waals surface area contributed by atoms with E-state index < -0.39 is 0 Å². The van der Waals surface area contributed by atoms with Gasteiger partial charge in [-0.05, 0) is 24.3 Å². The van der Waals surface area contributed by atoms with Crippen molar-refractivity contribution in [1.29, 1.82) is 0 Å². The number of hydrogen-bond acceptors (Lipinski definition) is 5. The van der Waals surface area contributed by atoms with E-state index in [0.29, 0.717) is 30.0 Å². The highest BCUT2D eigenvalue weighted by atomic mass is 16.1. The van der Waals surface area contributed by atoms with Crippen LogP contribution in [0, 0.1) is 0 Å². The van der Waals surface area contributed by atoms with Crippen LogP contribution in [0.2, 0.25) is 0 Å². The van der Waals surface area contributed by atoms with E-state index in [1.165, 1.54) is 0 Å². The number of hydrogen-bond donors (Lipinski definition) is 2. The lowest BCUT2D eigenvalue weighted by atomic mass is 10.2. The fraction of sp³-hybridized carbons (Fsp3) is 0.167. The highest BCUT2D eigenvalue weighted by Crippen LogP contribution is 2.01. The molecule has 0 fully saturated rings. The fourth-order valence-electron chi connectivity index (χ4n) is 1.43. The summed E-state index contributed by atoms with van der Waals surface area (Å²) in [6.07, 6.45) is 3.15. The first kappa shape index (κ1) is 12.1. The standard InChI is InChI=1S/C12H13N5O/c13-7-11-6-9(3-5-14-11)12(18)15-8-10-2-1-4-16-17-10/h1-6H,7-8,13H2,(H,15,18). The molecule has 0 aliphatic carbocycles. The number of nitrogens with one attached hydrogen (secondary N) is 1. The lowest BCUT2D eigenvalue weighted by Gasteiger charge is -2.05. The van der Waals surface area contributed by atoms with Crippen LogP contribution in [0.3, 0.4) is 0 Å². The molecule has 0 radical (unpaired) electrons. The maximum absolute atomic E-state index is 11.9. The van der Waals surface area contributed by atoms with Crippen molar-refractivity contribution in [3.05, 3.63) is 53.6 Å². The molecule has 18 heavy (non-hydrogen) atoms. The molecule has 1 amide bonds. The molecular weight excluding hydrogens is 230 g/mol. The smallest absolute Gasteiger partial charge is 0.251 e. The Morgan fingerprint density at radius 1 is 1.28 bits per heavy atom. The maximum atomic E-state index is 11.9. The summed E-state index contributed by atoms with van der Waals surface area (Å²) in [6, 6.07) is 6.88. The zero-order chi connectivity index (χ0) is 12.8. The zero-order valence-corrected chi connectivity index (χ0v) is 9.71. The fourth-order valence-corrected chi connectivity index (χ4v) is 1.43. The topological polar surface area (TPSA) is 93.8 Å². The van der Waals surface area contributed by atoms with Gasteiger partial charge in [-0.2, -0.15) is 10.2 Å². The van der Waals surface area contributed by atoms with Crippen LogP contribution >= 0.6 is 0 Å². The van der Waals surface area contributed by atoms with Crippen molar-refractivity contribution in [2.45, 2.75) is 13.1 Å². The number of amides is 1. The van der Waals surface area contributed by atoms with Crippen molar-refractivity contribution in [3.63, 3.8) is 0 Å². The molecule has 2 rings (SSSR count). The molecule has 0 atom stereocenters. The first-order chi connectivity index (χ1) is 8.79. The molecule has 0 saturated carbocycles.